The van der Waals surface area contributed by atoms with Crippen LogP contribution in [0.15, 0.2) is 47.5 Å². The van der Waals surface area contributed by atoms with E-state index in [0.29, 0.717) is 30.5 Å². The number of benzene rings is 2. The van der Waals surface area contributed by atoms with Gasteiger partial charge in [-0.3, -0.25) is 4.90 Å². The molecule has 7 heteroatoms. The number of nitrogens with zero attached hydrogens (tertiary/aromatic N) is 2. The molecule has 1 aliphatic heterocycles. The van der Waals surface area contributed by atoms with Crippen LogP contribution in [-0.4, -0.2) is 38.2 Å². The third-order valence-corrected chi connectivity index (χ3v) is 5.45. The van der Waals surface area contributed by atoms with Gasteiger partial charge in [0.25, 0.3) is 0 Å². The number of rotatable bonds is 8. The molecule has 0 atom stereocenters. The quantitative estimate of drug-likeness (QED) is 0.298. The first-order valence-electron chi connectivity index (χ1n) is 10.7. The van der Waals surface area contributed by atoms with Crippen molar-refractivity contribution in [3.63, 3.8) is 0 Å². The van der Waals surface area contributed by atoms with E-state index in [2.05, 4.69) is 39.5 Å². The Labute approximate surface area is 203 Å². The molecule has 1 fully saturated rings. The monoisotopic (exact) mass is 538 g/mol. The van der Waals surface area contributed by atoms with Crippen LogP contribution in [-0.2, 0) is 19.6 Å². The number of hydrogen-bond acceptors (Lipinski definition) is 4. The Morgan fingerprint density at radius 1 is 0.935 bits per heavy atom. The van der Waals surface area contributed by atoms with Gasteiger partial charge in [-0.2, -0.15) is 0 Å². The average molecular weight is 538 g/mol. The zero-order valence-electron chi connectivity index (χ0n) is 18.6. The summed E-state index contributed by atoms with van der Waals surface area (Å²) < 4.78 is 10.6. The molecule has 6 nitrogen and oxygen atoms in total. The van der Waals surface area contributed by atoms with Crippen LogP contribution in [0.5, 0.6) is 11.5 Å². The van der Waals surface area contributed by atoms with Crippen molar-refractivity contribution in [1.29, 1.82) is 0 Å². The molecule has 31 heavy (non-hydrogen) atoms. The van der Waals surface area contributed by atoms with Gasteiger partial charge in [0.1, 0.15) is 0 Å². The van der Waals surface area contributed by atoms with Gasteiger partial charge in [0.2, 0.25) is 0 Å². The van der Waals surface area contributed by atoms with E-state index >= 15 is 0 Å². The second-order valence-corrected chi connectivity index (χ2v) is 7.75. The highest BCUT2D eigenvalue weighted by Crippen LogP contribution is 2.27. The summed E-state index contributed by atoms with van der Waals surface area (Å²) in [6, 6.07) is 14.5. The first-order chi connectivity index (χ1) is 14.7. The van der Waals surface area contributed by atoms with Crippen molar-refractivity contribution in [3.8, 4) is 11.5 Å². The number of ether oxygens (including phenoxy) is 2. The SMILES string of the molecule is COc1ccc(CNC(N)=NCc2cccc(CN3CCCCCC3)c2)cc1OC.I. The van der Waals surface area contributed by atoms with Gasteiger partial charge in [0.05, 0.1) is 20.8 Å². The summed E-state index contributed by atoms with van der Waals surface area (Å²) in [5, 5.41) is 3.17. The predicted molar refractivity (Wildman–Crippen MR) is 137 cm³/mol. The lowest BCUT2D eigenvalue weighted by molar-refractivity contribution is 0.277. The van der Waals surface area contributed by atoms with Crippen molar-refractivity contribution >= 4 is 29.9 Å². The number of aliphatic imine (C=N–C) groups is 1. The summed E-state index contributed by atoms with van der Waals surface area (Å²) in [5.41, 5.74) is 9.65. The van der Waals surface area contributed by atoms with Gasteiger partial charge in [0, 0.05) is 13.1 Å². The third kappa shape index (κ3) is 8.22. The second kappa shape index (κ2) is 13.4. The Balaban J connectivity index is 0.00000341. The molecule has 0 bridgehead atoms. The first-order valence-corrected chi connectivity index (χ1v) is 10.7. The smallest absolute Gasteiger partial charge is 0.189 e. The van der Waals surface area contributed by atoms with Crippen molar-refractivity contribution in [1.82, 2.24) is 10.2 Å². The molecule has 1 aliphatic rings. The van der Waals surface area contributed by atoms with E-state index in [0.717, 1.165) is 12.1 Å². The maximum absolute atomic E-state index is 6.08. The molecule has 0 aliphatic carbocycles. The standard InChI is InChI=1S/C24H34N4O2.HI/c1-29-22-11-10-20(15-23(22)30-2)17-27-24(25)26-16-19-8-7-9-21(14-19)18-28-12-5-3-4-6-13-28;/h7-11,14-15H,3-6,12-13,16-18H2,1-2H3,(H3,25,26,27);1H. The van der Waals surface area contributed by atoms with Crippen LogP contribution in [0, 0.1) is 0 Å². The van der Waals surface area contributed by atoms with E-state index in [-0.39, 0.29) is 24.0 Å². The predicted octanol–water partition coefficient (Wildman–Crippen LogP) is 4.30. The number of nitrogens with two attached hydrogens (primary N) is 1. The largest absolute Gasteiger partial charge is 0.493 e. The average Bonchev–Trinajstić information content (AvgIpc) is 3.05. The van der Waals surface area contributed by atoms with E-state index in [1.54, 1.807) is 14.2 Å². The summed E-state index contributed by atoms with van der Waals surface area (Å²) >= 11 is 0. The van der Waals surface area contributed by atoms with Crippen LogP contribution >= 0.6 is 24.0 Å². The fourth-order valence-electron chi connectivity index (χ4n) is 3.79. The van der Waals surface area contributed by atoms with Gasteiger partial charge < -0.3 is 20.5 Å². The fraction of sp³-hybridized carbons (Fsp3) is 0.458. The molecule has 0 saturated carbocycles. The van der Waals surface area contributed by atoms with E-state index in [4.69, 9.17) is 15.2 Å². The van der Waals surface area contributed by atoms with E-state index in [1.807, 2.05) is 18.2 Å². The van der Waals surface area contributed by atoms with E-state index < -0.39 is 0 Å². The van der Waals surface area contributed by atoms with Gasteiger partial charge >= 0.3 is 0 Å². The highest BCUT2D eigenvalue weighted by molar-refractivity contribution is 14.0. The van der Waals surface area contributed by atoms with Gasteiger partial charge in [-0.1, -0.05) is 43.2 Å². The highest BCUT2D eigenvalue weighted by atomic mass is 127. The molecule has 2 aromatic carbocycles. The minimum absolute atomic E-state index is 0. The van der Waals surface area contributed by atoms with Gasteiger partial charge in [-0.25, -0.2) is 4.99 Å². The molecule has 2 aromatic rings. The van der Waals surface area contributed by atoms with Crippen molar-refractivity contribution in [3.05, 3.63) is 59.2 Å². The molecular formula is C24H35IN4O2. The molecule has 1 heterocycles. The van der Waals surface area contributed by atoms with Crippen molar-refractivity contribution in [2.24, 2.45) is 10.7 Å². The zero-order chi connectivity index (χ0) is 21.2. The molecule has 0 amide bonds. The van der Waals surface area contributed by atoms with Crippen LogP contribution < -0.4 is 20.5 Å². The van der Waals surface area contributed by atoms with Crippen LogP contribution in [0.1, 0.15) is 42.4 Å². The molecule has 1 saturated heterocycles. The number of guanidine groups is 1. The van der Waals surface area contributed by atoms with Gasteiger partial charge in [-0.05, 0) is 54.8 Å². The van der Waals surface area contributed by atoms with Crippen molar-refractivity contribution < 1.29 is 9.47 Å². The normalized spacial score (nSPS) is 15.0. The second-order valence-electron chi connectivity index (χ2n) is 7.75. The lowest BCUT2D eigenvalue weighted by Crippen LogP contribution is -2.31. The lowest BCUT2D eigenvalue weighted by Gasteiger charge is -2.20. The summed E-state index contributed by atoms with van der Waals surface area (Å²) in [7, 11) is 3.26. The minimum atomic E-state index is 0. The molecule has 3 rings (SSSR count). The van der Waals surface area contributed by atoms with Crippen LogP contribution in [0.25, 0.3) is 0 Å². The number of nitrogens with one attached hydrogen (secondary N) is 1. The lowest BCUT2D eigenvalue weighted by atomic mass is 10.1. The zero-order valence-corrected chi connectivity index (χ0v) is 20.9. The molecule has 0 aromatic heterocycles. The number of likely N-dealkylation sites (tertiary alicyclic amines) is 1. The summed E-state index contributed by atoms with van der Waals surface area (Å²) in [4.78, 5) is 7.07. The molecule has 0 spiro atoms. The third-order valence-electron chi connectivity index (χ3n) is 5.45. The summed E-state index contributed by atoms with van der Waals surface area (Å²) in [5.74, 6) is 1.85. The Kier molecular flexibility index (Phi) is 10.9. The fourth-order valence-corrected chi connectivity index (χ4v) is 3.79. The van der Waals surface area contributed by atoms with Crippen LogP contribution in [0.3, 0.4) is 0 Å². The van der Waals surface area contributed by atoms with Crippen LogP contribution in [0.2, 0.25) is 0 Å². The van der Waals surface area contributed by atoms with Gasteiger partial charge in [-0.15, -0.1) is 24.0 Å². The van der Waals surface area contributed by atoms with Crippen LogP contribution in [0.4, 0.5) is 0 Å². The van der Waals surface area contributed by atoms with Gasteiger partial charge in [0.15, 0.2) is 17.5 Å². The molecular weight excluding hydrogens is 503 g/mol. The number of halogens is 1. The summed E-state index contributed by atoms with van der Waals surface area (Å²) in [6.07, 6.45) is 5.35. The Hall–Kier alpha value is -2.00. The Morgan fingerprint density at radius 2 is 1.65 bits per heavy atom. The number of hydrogen-bond donors (Lipinski definition) is 2. The van der Waals surface area contributed by atoms with Crippen molar-refractivity contribution in [2.45, 2.75) is 45.3 Å². The first kappa shape index (κ1) is 25.3. The van der Waals surface area contributed by atoms with E-state index in [1.165, 1.54) is 49.9 Å². The molecule has 0 unspecified atom stereocenters. The highest BCUT2D eigenvalue weighted by Gasteiger charge is 2.09. The maximum Gasteiger partial charge on any atom is 0.189 e. The molecule has 3 N–H and O–H groups in total. The Bertz CT molecular complexity index is 836. The topological polar surface area (TPSA) is 72.1 Å². The molecule has 170 valence electrons. The number of methoxy groups -OCH3 is 2. The summed E-state index contributed by atoms with van der Waals surface area (Å²) in [6.45, 7) is 4.57. The molecule has 0 radical (unpaired) electrons. The maximum atomic E-state index is 6.08. The van der Waals surface area contributed by atoms with Crippen molar-refractivity contribution in [2.75, 3.05) is 27.3 Å². The minimum Gasteiger partial charge on any atom is -0.493 e. The van der Waals surface area contributed by atoms with E-state index in [9.17, 15) is 0 Å². The Morgan fingerprint density at radius 3 is 2.35 bits per heavy atom.